The van der Waals surface area contributed by atoms with Crippen LogP contribution in [0.1, 0.15) is 6.92 Å². The number of hydrogen-bond donors (Lipinski definition) is 1. The quantitative estimate of drug-likeness (QED) is 0.434. The average Bonchev–Trinajstić information content (AvgIpc) is 2.67. The number of ether oxygens (including phenoxy) is 1. The highest BCUT2D eigenvalue weighted by molar-refractivity contribution is 8.03. The number of carbonyl (C=O) groups excluding carboxylic acids is 2. The molecule has 17 heavy (non-hydrogen) atoms. The summed E-state index contributed by atoms with van der Waals surface area (Å²) in [5.41, 5.74) is 0.493. The van der Waals surface area contributed by atoms with Crippen molar-refractivity contribution in [2.45, 2.75) is 12.3 Å². The number of rotatable bonds is 2. The lowest BCUT2D eigenvalue weighted by molar-refractivity contribution is -0.141. The molecule has 0 saturated carbocycles. The van der Waals surface area contributed by atoms with Crippen molar-refractivity contribution in [3.05, 3.63) is 22.3 Å². The highest BCUT2D eigenvalue weighted by atomic mass is 32.2. The van der Waals surface area contributed by atoms with Gasteiger partial charge in [-0.05, 0) is 6.92 Å². The van der Waals surface area contributed by atoms with Crippen molar-refractivity contribution in [1.82, 2.24) is 4.90 Å². The molecule has 0 bridgehead atoms. The van der Waals surface area contributed by atoms with Gasteiger partial charge in [0, 0.05) is 11.0 Å². The van der Waals surface area contributed by atoms with E-state index in [1.807, 2.05) is 0 Å². The first-order valence-electron chi connectivity index (χ1n) is 4.70. The molecule has 0 unspecified atom stereocenters. The van der Waals surface area contributed by atoms with Crippen molar-refractivity contribution in [3.8, 4) is 0 Å². The minimum absolute atomic E-state index is 0.0496. The lowest BCUT2D eigenvalue weighted by Crippen LogP contribution is -2.52. The lowest BCUT2D eigenvalue weighted by Gasteiger charge is -2.37. The number of fused-ring (bicyclic) bond motifs is 1. The molecule has 1 saturated heterocycles. The molecule has 0 radical (unpaired) electrons. The molecule has 1 fully saturated rings. The predicted octanol–water partition coefficient (Wildman–Crippen LogP) is 0.317. The molecule has 2 rings (SSSR count). The van der Waals surface area contributed by atoms with Gasteiger partial charge in [-0.25, -0.2) is 9.59 Å². The normalized spacial score (nSPS) is 24.8. The fraction of sp³-hybridized carbons (Fsp3) is 0.300. The topological polar surface area (TPSA) is 83.9 Å². The van der Waals surface area contributed by atoms with E-state index in [1.54, 1.807) is 0 Å². The minimum atomic E-state index is -1.15. The first-order valence-corrected chi connectivity index (χ1v) is 5.65. The molecule has 0 spiro atoms. The molecule has 90 valence electrons. The zero-order valence-electron chi connectivity index (χ0n) is 9.09. The van der Waals surface area contributed by atoms with Crippen LogP contribution in [0.3, 0.4) is 0 Å². The Hall–Kier alpha value is -1.76. The lowest BCUT2D eigenvalue weighted by atomic mass is 9.99. The summed E-state index contributed by atoms with van der Waals surface area (Å²) in [6.07, 6.45) is 0. The van der Waals surface area contributed by atoms with E-state index in [1.165, 1.54) is 31.2 Å². The van der Waals surface area contributed by atoms with Crippen molar-refractivity contribution >= 4 is 29.6 Å². The van der Waals surface area contributed by atoms with Gasteiger partial charge in [0.05, 0.1) is 12.7 Å². The van der Waals surface area contributed by atoms with Crippen LogP contribution in [0.2, 0.25) is 0 Å². The predicted molar refractivity (Wildman–Crippen MR) is 58.7 cm³/mol. The molecule has 0 aromatic carbocycles. The molecule has 0 aromatic heterocycles. The maximum Gasteiger partial charge on any atom is 0.353 e. The van der Waals surface area contributed by atoms with Crippen molar-refractivity contribution in [1.29, 1.82) is 0 Å². The highest BCUT2D eigenvalue weighted by Crippen LogP contribution is 2.45. The highest BCUT2D eigenvalue weighted by Gasteiger charge is 2.51. The largest absolute Gasteiger partial charge is 0.477 e. The molecule has 1 N–H and O–H groups in total. The third kappa shape index (κ3) is 1.54. The number of amides is 1. The Morgan fingerprint density at radius 3 is 2.71 bits per heavy atom. The number of carboxylic acids is 1. The van der Waals surface area contributed by atoms with Crippen LogP contribution >= 0.6 is 11.8 Å². The zero-order chi connectivity index (χ0) is 12.7. The van der Waals surface area contributed by atoms with Gasteiger partial charge in [-0.3, -0.25) is 9.69 Å². The van der Waals surface area contributed by atoms with Crippen LogP contribution in [-0.4, -0.2) is 40.3 Å². The molecule has 2 heterocycles. The van der Waals surface area contributed by atoms with Crippen LogP contribution < -0.4 is 0 Å². The summed E-state index contributed by atoms with van der Waals surface area (Å²) in [5, 5.41) is 9.85. The van der Waals surface area contributed by atoms with Crippen LogP contribution in [0.4, 0.5) is 0 Å². The molecule has 7 heteroatoms. The standard InChI is InChI=1S/C10H9NO5S/c1-4(10(15)16-2)6-7(12)11-5(9(13)14)3-17-8(6)11/h3,8H,1-2H3,(H,13,14)/t8-/m1/s1. The summed E-state index contributed by atoms with van der Waals surface area (Å²) in [7, 11) is 1.23. The summed E-state index contributed by atoms with van der Waals surface area (Å²) < 4.78 is 4.53. The number of hydrogen-bond acceptors (Lipinski definition) is 5. The number of nitrogens with zero attached hydrogens (tertiary/aromatic N) is 1. The zero-order valence-corrected chi connectivity index (χ0v) is 9.91. The van der Waals surface area contributed by atoms with Crippen molar-refractivity contribution < 1.29 is 24.2 Å². The average molecular weight is 255 g/mol. The van der Waals surface area contributed by atoms with Crippen LogP contribution in [0.5, 0.6) is 0 Å². The van der Waals surface area contributed by atoms with E-state index < -0.39 is 23.2 Å². The third-order valence-electron chi connectivity index (χ3n) is 2.61. The Labute approximate surface area is 101 Å². The number of aliphatic carboxylic acids is 1. The van der Waals surface area contributed by atoms with Gasteiger partial charge in [-0.15, -0.1) is 11.8 Å². The Morgan fingerprint density at radius 1 is 1.53 bits per heavy atom. The third-order valence-corrected chi connectivity index (χ3v) is 3.68. The van der Waals surface area contributed by atoms with E-state index in [4.69, 9.17) is 5.11 Å². The summed E-state index contributed by atoms with van der Waals surface area (Å²) in [4.78, 5) is 35.0. The molecular formula is C10H9NO5S. The van der Waals surface area contributed by atoms with Crippen LogP contribution in [0.15, 0.2) is 22.3 Å². The van der Waals surface area contributed by atoms with E-state index in [-0.39, 0.29) is 11.3 Å². The fourth-order valence-electron chi connectivity index (χ4n) is 1.72. The van der Waals surface area contributed by atoms with Crippen molar-refractivity contribution in [3.63, 3.8) is 0 Å². The second-order valence-corrected chi connectivity index (χ2v) is 4.46. The molecule has 1 amide bonds. The number of carboxylic acid groups (broad SMARTS) is 1. The van der Waals surface area contributed by atoms with Crippen LogP contribution in [0.25, 0.3) is 0 Å². The van der Waals surface area contributed by atoms with Gasteiger partial charge < -0.3 is 9.84 Å². The Kier molecular flexibility index (Phi) is 2.70. The van der Waals surface area contributed by atoms with Crippen molar-refractivity contribution in [2.75, 3.05) is 7.11 Å². The first kappa shape index (κ1) is 11.7. The van der Waals surface area contributed by atoms with E-state index in [0.717, 1.165) is 4.90 Å². The molecule has 2 aliphatic rings. The number of esters is 1. The summed E-state index contributed by atoms with van der Waals surface area (Å²) in [5.74, 6) is -2.17. The van der Waals surface area contributed by atoms with E-state index in [2.05, 4.69) is 4.74 Å². The Bertz CT molecular complexity index is 493. The van der Waals surface area contributed by atoms with Crippen LogP contribution in [-0.2, 0) is 19.1 Å². The molecule has 0 aromatic rings. The summed E-state index contributed by atoms with van der Waals surface area (Å²) in [6.45, 7) is 1.50. The molecule has 2 aliphatic heterocycles. The van der Waals surface area contributed by atoms with Gasteiger partial charge in [-0.2, -0.15) is 0 Å². The molecular weight excluding hydrogens is 246 g/mol. The molecule has 0 aliphatic carbocycles. The minimum Gasteiger partial charge on any atom is -0.477 e. The number of carbonyl (C=O) groups is 3. The van der Waals surface area contributed by atoms with E-state index in [9.17, 15) is 14.4 Å². The van der Waals surface area contributed by atoms with Crippen LogP contribution in [0, 0.1) is 0 Å². The second kappa shape index (κ2) is 3.92. The second-order valence-electron chi connectivity index (χ2n) is 3.50. The van der Waals surface area contributed by atoms with Gasteiger partial charge in [0.25, 0.3) is 5.91 Å². The molecule has 1 atom stereocenters. The summed E-state index contributed by atoms with van der Waals surface area (Å²) >= 11 is 1.19. The Morgan fingerprint density at radius 2 is 2.18 bits per heavy atom. The number of thioether (sulfide) groups is 1. The maximum absolute atomic E-state index is 11.8. The van der Waals surface area contributed by atoms with Gasteiger partial charge in [-0.1, -0.05) is 0 Å². The van der Waals surface area contributed by atoms with Gasteiger partial charge in [0.2, 0.25) is 0 Å². The fourth-order valence-corrected chi connectivity index (χ4v) is 2.93. The number of β-lactam (4-membered cyclic amide) rings is 1. The van der Waals surface area contributed by atoms with E-state index in [0.29, 0.717) is 5.57 Å². The Balaban J connectivity index is 2.29. The van der Waals surface area contributed by atoms with Crippen molar-refractivity contribution in [2.24, 2.45) is 0 Å². The molecule has 6 nitrogen and oxygen atoms in total. The first-order chi connectivity index (χ1) is 7.99. The van der Waals surface area contributed by atoms with E-state index >= 15 is 0 Å². The van der Waals surface area contributed by atoms with Gasteiger partial charge in [0.15, 0.2) is 0 Å². The van der Waals surface area contributed by atoms with Gasteiger partial charge in [0.1, 0.15) is 11.1 Å². The number of methoxy groups -OCH3 is 1. The monoisotopic (exact) mass is 255 g/mol. The SMILES string of the molecule is COC(=O)C(C)=C1C(=O)N2C(C(=O)O)=CS[C@H]12. The smallest absolute Gasteiger partial charge is 0.353 e. The maximum atomic E-state index is 11.8. The summed E-state index contributed by atoms with van der Waals surface area (Å²) in [6, 6.07) is 0. The van der Waals surface area contributed by atoms with Gasteiger partial charge >= 0.3 is 11.9 Å².